The van der Waals surface area contributed by atoms with E-state index >= 15 is 0 Å². The number of amides is 2. The monoisotopic (exact) mass is 408 g/mol. The quantitative estimate of drug-likeness (QED) is 0.728. The molecule has 2 N–H and O–H groups in total. The first-order chi connectivity index (χ1) is 13.2. The second kappa shape index (κ2) is 9.41. The summed E-state index contributed by atoms with van der Waals surface area (Å²) in [6, 6.07) is 7.77. The van der Waals surface area contributed by atoms with Crippen molar-refractivity contribution in [3.63, 3.8) is 0 Å². The van der Waals surface area contributed by atoms with Gasteiger partial charge in [0.25, 0.3) is 5.91 Å². The van der Waals surface area contributed by atoms with E-state index in [2.05, 4.69) is 10.6 Å². The lowest BCUT2D eigenvalue weighted by atomic mass is 10.0. The molecule has 0 saturated carbocycles. The number of carbonyl (C=O) groups is 2. The van der Waals surface area contributed by atoms with E-state index in [1.165, 1.54) is 26.4 Å². The van der Waals surface area contributed by atoms with Crippen molar-refractivity contribution in [1.29, 1.82) is 0 Å². The van der Waals surface area contributed by atoms with Crippen molar-refractivity contribution in [2.24, 2.45) is 5.92 Å². The molecule has 8 heteroatoms. The molecule has 0 aromatic heterocycles. The number of halogens is 2. The van der Waals surface area contributed by atoms with Crippen LogP contribution in [-0.4, -0.2) is 32.1 Å². The van der Waals surface area contributed by atoms with Crippen LogP contribution < -0.4 is 20.1 Å². The van der Waals surface area contributed by atoms with Crippen LogP contribution in [0.2, 0.25) is 5.02 Å². The van der Waals surface area contributed by atoms with Gasteiger partial charge in [0.1, 0.15) is 23.4 Å². The number of carbonyl (C=O) groups excluding carboxylic acids is 2. The minimum atomic E-state index is -0.825. The molecular weight excluding hydrogens is 387 g/mol. The highest BCUT2D eigenvalue weighted by Gasteiger charge is 2.25. The molecule has 0 fully saturated rings. The Kier molecular flexibility index (Phi) is 7.23. The number of hydrogen-bond donors (Lipinski definition) is 2. The van der Waals surface area contributed by atoms with Gasteiger partial charge in [-0.25, -0.2) is 4.39 Å². The maximum atomic E-state index is 13.3. The summed E-state index contributed by atoms with van der Waals surface area (Å²) in [6.07, 6.45) is 0. The smallest absolute Gasteiger partial charge is 0.252 e. The van der Waals surface area contributed by atoms with Crippen molar-refractivity contribution in [3.8, 4) is 11.5 Å². The molecule has 0 aliphatic rings. The first-order valence-corrected chi connectivity index (χ1v) is 8.92. The molecule has 150 valence electrons. The minimum Gasteiger partial charge on any atom is -0.497 e. The maximum absolute atomic E-state index is 13.3. The first kappa shape index (κ1) is 21.5. The van der Waals surface area contributed by atoms with E-state index in [0.717, 1.165) is 6.07 Å². The topological polar surface area (TPSA) is 76.7 Å². The molecule has 0 heterocycles. The molecule has 0 saturated heterocycles. The predicted octanol–water partition coefficient (Wildman–Crippen LogP) is 3.89. The largest absolute Gasteiger partial charge is 0.497 e. The molecule has 2 amide bonds. The van der Waals surface area contributed by atoms with Gasteiger partial charge in [0.2, 0.25) is 5.91 Å². The number of methoxy groups -OCH3 is 2. The van der Waals surface area contributed by atoms with Crippen molar-refractivity contribution in [1.82, 2.24) is 5.32 Å². The van der Waals surface area contributed by atoms with E-state index in [1.54, 1.807) is 32.0 Å². The third-order valence-electron chi connectivity index (χ3n) is 4.04. The van der Waals surface area contributed by atoms with Gasteiger partial charge in [-0.05, 0) is 36.2 Å². The Labute approximate surface area is 168 Å². The fourth-order valence-corrected chi connectivity index (χ4v) is 2.67. The van der Waals surface area contributed by atoms with Gasteiger partial charge >= 0.3 is 0 Å². The summed E-state index contributed by atoms with van der Waals surface area (Å²) in [7, 11) is 2.96. The van der Waals surface area contributed by atoms with Crippen LogP contribution in [0.3, 0.4) is 0 Å². The lowest BCUT2D eigenvalue weighted by Crippen LogP contribution is -2.47. The molecule has 28 heavy (non-hydrogen) atoms. The van der Waals surface area contributed by atoms with Crippen LogP contribution in [0.4, 0.5) is 10.1 Å². The summed E-state index contributed by atoms with van der Waals surface area (Å²) in [4.78, 5) is 25.3. The summed E-state index contributed by atoms with van der Waals surface area (Å²) in [5.41, 5.74) is 0.624. The fourth-order valence-electron chi connectivity index (χ4n) is 2.49. The molecule has 2 aromatic rings. The number of rotatable bonds is 7. The number of benzene rings is 2. The zero-order chi connectivity index (χ0) is 20.8. The van der Waals surface area contributed by atoms with Gasteiger partial charge in [0, 0.05) is 17.3 Å². The van der Waals surface area contributed by atoms with Crippen LogP contribution in [0.5, 0.6) is 11.5 Å². The molecule has 0 bridgehead atoms. The third-order valence-corrected chi connectivity index (χ3v) is 4.33. The van der Waals surface area contributed by atoms with Gasteiger partial charge in [0.05, 0.1) is 19.2 Å². The van der Waals surface area contributed by atoms with Gasteiger partial charge in [-0.1, -0.05) is 25.4 Å². The van der Waals surface area contributed by atoms with Gasteiger partial charge < -0.3 is 20.1 Å². The van der Waals surface area contributed by atoms with Crippen molar-refractivity contribution >= 4 is 29.1 Å². The molecule has 1 atom stereocenters. The van der Waals surface area contributed by atoms with Gasteiger partial charge in [-0.3, -0.25) is 9.59 Å². The van der Waals surface area contributed by atoms with Crippen molar-refractivity contribution < 1.29 is 23.5 Å². The Morgan fingerprint density at radius 1 is 1.04 bits per heavy atom. The summed E-state index contributed by atoms with van der Waals surface area (Å²) in [5, 5.41) is 5.25. The zero-order valence-electron chi connectivity index (χ0n) is 16.0. The highest BCUT2D eigenvalue weighted by atomic mass is 35.5. The maximum Gasteiger partial charge on any atom is 0.252 e. The van der Waals surface area contributed by atoms with E-state index < -0.39 is 23.7 Å². The molecule has 6 nitrogen and oxygen atoms in total. The number of hydrogen-bond acceptors (Lipinski definition) is 4. The molecule has 0 aliphatic carbocycles. The average molecular weight is 409 g/mol. The molecule has 0 aliphatic heterocycles. The first-order valence-electron chi connectivity index (χ1n) is 8.55. The van der Waals surface area contributed by atoms with Crippen molar-refractivity contribution in [2.45, 2.75) is 19.9 Å². The second-order valence-electron chi connectivity index (χ2n) is 6.41. The zero-order valence-corrected chi connectivity index (χ0v) is 16.8. The second-order valence-corrected chi connectivity index (χ2v) is 6.82. The standard InChI is InChI=1S/C20H22ClFN2O4/c1-11(2)18(20(26)23-13-5-6-17(22)16(21)9-13)24-19(25)12-7-14(27-3)10-15(8-12)28-4/h5-11,18H,1-4H3,(H,23,26)(H,24,25)/t18-/m0/s1. The number of anilines is 1. The molecule has 0 unspecified atom stereocenters. The Hall–Kier alpha value is -2.80. The van der Waals surface area contributed by atoms with E-state index in [-0.39, 0.29) is 10.9 Å². The van der Waals surface area contributed by atoms with E-state index in [1.807, 2.05) is 0 Å². The normalized spacial score (nSPS) is 11.7. The molecule has 0 radical (unpaired) electrons. The van der Waals surface area contributed by atoms with Crippen LogP contribution in [0.15, 0.2) is 36.4 Å². The van der Waals surface area contributed by atoms with E-state index in [0.29, 0.717) is 22.7 Å². The van der Waals surface area contributed by atoms with Crippen molar-refractivity contribution in [3.05, 3.63) is 52.8 Å². The van der Waals surface area contributed by atoms with Crippen LogP contribution in [0.1, 0.15) is 24.2 Å². The highest BCUT2D eigenvalue weighted by Crippen LogP contribution is 2.23. The molecule has 2 aromatic carbocycles. The third kappa shape index (κ3) is 5.36. The van der Waals surface area contributed by atoms with Crippen molar-refractivity contribution in [2.75, 3.05) is 19.5 Å². The molecule has 0 spiro atoms. The lowest BCUT2D eigenvalue weighted by Gasteiger charge is -2.22. The number of ether oxygens (including phenoxy) is 2. The van der Waals surface area contributed by atoms with E-state index in [9.17, 15) is 14.0 Å². The SMILES string of the molecule is COc1cc(OC)cc(C(=O)N[C@H](C(=O)Nc2ccc(F)c(Cl)c2)C(C)C)c1. The Morgan fingerprint density at radius 3 is 2.14 bits per heavy atom. The summed E-state index contributed by atoms with van der Waals surface area (Å²) >= 11 is 5.74. The van der Waals surface area contributed by atoms with Crippen LogP contribution in [0, 0.1) is 11.7 Å². The highest BCUT2D eigenvalue weighted by molar-refractivity contribution is 6.31. The van der Waals surface area contributed by atoms with Crippen LogP contribution in [-0.2, 0) is 4.79 Å². The Morgan fingerprint density at radius 2 is 1.64 bits per heavy atom. The summed E-state index contributed by atoms with van der Waals surface area (Å²) < 4.78 is 23.6. The van der Waals surface area contributed by atoms with Crippen LogP contribution in [0.25, 0.3) is 0 Å². The summed E-state index contributed by atoms with van der Waals surface area (Å²) in [5.74, 6) is -0.774. The van der Waals surface area contributed by atoms with Gasteiger partial charge in [-0.2, -0.15) is 0 Å². The minimum absolute atomic E-state index is 0.105. The van der Waals surface area contributed by atoms with E-state index in [4.69, 9.17) is 21.1 Å². The average Bonchev–Trinajstić information content (AvgIpc) is 2.67. The van der Waals surface area contributed by atoms with Gasteiger partial charge in [0.15, 0.2) is 0 Å². The Balaban J connectivity index is 2.18. The van der Waals surface area contributed by atoms with Crippen LogP contribution >= 0.6 is 11.6 Å². The predicted molar refractivity (Wildman–Crippen MR) is 106 cm³/mol. The molecule has 2 rings (SSSR count). The summed E-state index contributed by atoms with van der Waals surface area (Å²) in [6.45, 7) is 3.60. The fraction of sp³-hybridized carbons (Fsp3) is 0.300. The molecular formula is C20H22ClFN2O4. The Bertz CT molecular complexity index is 851. The van der Waals surface area contributed by atoms with Gasteiger partial charge in [-0.15, -0.1) is 0 Å². The number of nitrogens with one attached hydrogen (secondary N) is 2. The lowest BCUT2D eigenvalue weighted by molar-refractivity contribution is -0.118.